The zero-order valence-electron chi connectivity index (χ0n) is 9.28. The van der Waals surface area contributed by atoms with E-state index in [0.29, 0.717) is 11.6 Å². The number of nitrogens with zero attached hydrogens (tertiary/aromatic N) is 1. The van der Waals surface area contributed by atoms with Crippen molar-refractivity contribution in [2.45, 2.75) is 12.8 Å². The Morgan fingerprint density at radius 2 is 2.06 bits per heavy atom. The van der Waals surface area contributed by atoms with Crippen molar-refractivity contribution in [3.05, 3.63) is 52.3 Å². The molecule has 0 atom stereocenters. The van der Waals surface area contributed by atoms with Crippen LogP contribution in [-0.4, -0.2) is 4.98 Å². The Kier molecular flexibility index (Phi) is 4.02. The van der Waals surface area contributed by atoms with E-state index in [2.05, 4.69) is 20.9 Å². The molecule has 0 spiro atoms. The summed E-state index contributed by atoms with van der Waals surface area (Å²) in [5.41, 5.74) is 2.07. The summed E-state index contributed by atoms with van der Waals surface area (Å²) >= 11 is 9.20. The molecule has 0 fully saturated rings. The molecule has 0 aliphatic rings. The van der Waals surface area contributed by atoms with Gasteiger partial charge in [-0.05, 0) is 42.3 Å². The van der Waals surface area contributed by atoms with Gasteiger partial charge in [0.1, 0.15) is 11.5 Å². The zero-order chi connectivity index (χ0) is 12.3. The molecule has 0 bridgehead atoms. The van der Waals surface area contributed by atoms with Crippen molar-refractivity contribution in [2.75, 3.05) is 0 Å². The summed E-state index contributed by atoms with van der Waals surface area (Å²) in [7, 11) is 0. The monoisotopic (exact) mass is 311 g/mol. The number of halogens is 2. The van der Waals surface area contributed by atoms with Crippen molar-refractivity contribution >= 4 is 27.5 Å². The van der Waals surface area contributed by atoms with E-state index < -0.39 is 0 Å². The average Bonchev–Trinajstić information content (AvgIpc) is 2.34. The minimum absolute atomic E-state index is 0.434. The molecule has 0 aliphatic heterocycles. The lowest BCUT2D eigenvalue weighted by atomic mass is 10.2. The predicted octanol–water partition coefficient (Wildman–Crippen LogP) is 4.68. The van der Waals surface area contributed by atoms with Crippen molar-refractivity contribution in [1.82, 2.24) is 4.98 Å². The Hall–Kier alpha value is -1.06. The Bertz CT molecular complexity index is 531. The number of benzene rings is 1. The first-order valence-electron chi connectivity index (χ1n) is 5.13. The van der Waals surface area contributed by atoms with E-state index >= 15 is 0 Å². The van der Waals surface area contributed by atoms with Crippen LogP contribution >= 0.6 is 27.5 Å². The number of hydrogen-bond donors (Lipinski definition) is 0. The van der Waals surface area contributed by atoms with Gasteiger partial charge < -0.3 is 4.74 Å². The minimum atomic E-state index is 0.434. The van der Waals surface area contributed by atoms with Gasteiger partial charge in [0.2, 0.25) is 0 Å². The number of aromatic nitrogens is 1. The van der Waals surface area contributed by atoms with Crippen LogP contribution in [0.5, 0.6) is 11.5 Å². The van der Waals surface area contributed by atoms with Crippen LogP contribution in [0.4, 0.5) is 0 Å². The maximum absolute atomic E-state index is 5.75. The molecule has 88 valence electrons. The maximum Gasteiger partial charge on any atom is 0.146 e. The first-order chi connectivity index (χ1) is 8.19. The number of hydrogen-bond acceptors (Lipinski definition) is 2. The van der Waals surface area contributed by atoms with Crippen LogP contribution in [0.3, 0.4) is 0 Å². The first kappa shape index (κ1) is 12.4. The van der Waals surface area contributed by atoms with Gasteiger partial charge in [-0.1, -0.05) is 15.9 Å². The standard InChI is InChI=1S/C13H11BrClNO/c1-9-4-11(2-3-13(9)14)17-12-5-10(6-15)7-16-8-12/h2-5,7-8H,6H2,1H3. The number of rotatable bonds is 3. The van der Waals surface area contributed by atoms with Crippen molar-refractivity contribution in [3.8, 4) is 11.5 Å². The summed E-state index contributed by atoms with van der Waals surface area (Å²) in [5.74, 6) is 1.92. The van der Waals surface area contributed by atoms with Gasteiger partial charge in [0.05, 0.1) is 6.20 Å². The summed E-state index contributed by atoms with van der Waals surface area (Å²) in [5, 5.41) is 0. The summed E-state index contributed by atoms with van der Waals surface area (Å²) in [6.45, 7) is 2.02. The van der Waals surface area contributed by atoms with E-state index in [1.54, 1.807) is 12.4 Å². The van der Waals surface area contributed by atoms with Crippen LogP contribution in [0.1, 0.15) is 11.1 Å². The fraction of sp³-hybridized carbons (Fsp3) is 0.154. The maximum atomic E-state index is 5.75. The summed E-state index contributed by atoms with van der Waals surface area (Å²) < 4.78 is 6.78. The molecule has 0 unspecified atom stereocenters. The van der Waals surface area contributed by atoms with Gasteiger partial charge in [-0.2, -0.15) is 0 Å². The van der Waals surface area contributed by atoms with Crippen molar-refractivity contribution in [1.29, 1.82) is 0 Å². The first-order valence-corrected chi connectivity index (χ1v) is 6.45. The largest absolute Gasteiger partial charge is 0.456 e. The quantitative estimate of drug-likeness (QED) is 0.767. The second-order valence-electron chi connectivity index (χ2n) is 3.68. The molecule has 2 nitrogen and oxygen atoms in total. The van der Waals surface area contributed by atoms with Gasteiger partial charge in [0.15, 0.2) is 0 Å². The summed E-state index contributed by atoms with van der Waals surface area (Å²) in [4.78, 5) is 4.07. The van der Waals surface area contributed by atoms with Crippen LogP contribution < -0.4 is 4.74 Å². The Morgan fingerprint density at radius 3 is 2.76 bits per heavy atom. The van der Waals surface area contributed by atoms with Crippen molar-refractivity contribution in [2.24, 2.45) is 0 Å². The third kappa shape index (κ3) is 3.20. The molecule has 4 heteroatoms. The molecule has 0 amide bonds. The lowest BCUT2D eigenvalue weighted by Gasteiger charge is -2.07. The molecule has 0 saturated carbocycles. The molecule has 1 aromatic heterocycles. The van der Waals surface area contributed by atoms with E-state index in [-0.39, 0.29) is 0 Å². The van der Waals surface area contributed by atoms with E-state index in [1.807, 2.05) is 31.2 Å². The third-order valence-electron chi connectivity index (χ3n) is 2.29. The molecule has 0 N–H and O–H groups in total. The molecule has 2 aromatic rings. The van der Waals surface area contributed by atoms with Crippen LogP contribution in [-0.2, 0) is 5.88 Å². The van der Waals surface area contributed by atoms with Gasteiger partial charge >= 0.3 is 0 Å². The second kappa shape index (κ2) is 5.52. The highest BCUT2D eigenvalue weighted by atomic mass is 79.9. The fourth-order valence-corrected chi connectivity index (χ4v) is 1.80. The van der Waals surface area contributed by atoms with Crippen molar-refractivity contribution < 1.29 is 4.74 Å². The van der Waals surface area contributed by atoms with E-state index in [9.17, 15) is 0 Å². The molecule has 1 heterocycles. The zero-order valence-corrected chi connectivity index (χ0v) is 11.6. The molecule has 0 aliphatic carbocycles. The molecular formula is C13H11BrClNO. The fourth-order valence-electron chi connectivity index (χ4n) is 1.41. The molecule has 17 heavy (non-hydrogen) atoms. The smallest absolute Gasteiger partial charge is 0.146 e. The Morgan fingerprint density at radius 1 is 1.24 bits per heavy atom. The number of alkyl halides is 1. The minimum Gasteiger partial charge on any atom is -0.456 e. The predicted molar refractivity (Wildman–Crippen MR) is 72.7 cm³/mol. The number of ether oxygens (including phenoxy) is 1. The highest BCUT2D eigenvalue weighted by Gasteiger charge is 2.01. The second-order valence-corrected chi connectivity index (χ2v) is 4.80. The molecule has 1 aromatic carbocycles. The van der Waals surface area contributed by atoms with Gasteiger partial charge in [-0.15, -0.1) is 11.6 Å². The van der Waals surface area contributed by atoms with Crippen LogP contribution in [0.15, 0.2) is 41.1 Å². The van der Waals surface area contributed by atoms with Crippen LogP contribution in [0.2, 0.25) is 0 Å². The normalized spacial score (nSPS) is 10.3. The summed E-state index contributed by atoms with van der Waals surface area (Å²) in [6, 6.07) is 7.72. The van der Waals surface area contributed by atoms with E-state index in [0.717, 1.165) is 21.3 Å². The number of pyridine rings is 1. The van der Waals surface area contributed by atoms with Crippen molar-refractivity contribution in [3.63, 3.8) is 0 Å². The van der Waals surface area contributed by atoms with Gasteiger partial charge in [0.25, 0.3) is 0 Å². The SMILES string of the molecule is Cc1cc(Oc2cncc(CCl)c2)ccc1Br. The topological polar surface area (TPSA) is 22.1 Å². The Labute approximate surface area is 114 Å². The van der Waals surface area contributed by atoms with Crippen LogP contribution in [0.25, 0.3) is 0 Å². The number of aryl methyl sites for hydroxylation is 1. The van der Waals surface area contributed by atoms with E-state index in [1.165, 1.54) is 0 Å². The molecule has 0 saturated heterocycles. The lowest BCUT2D eigenvalue weighted by Crippen LogP contribution is -1.88. The average molecular weight is 313 g/mol. The lowest BCUT2D eigenvalue weighted by molar-refractivity contribution is 0.479. The van der Waals surface area contributed by atoms with Gasteiger partial charge in [-0.3, -0.25) is 4.98 Å². The summed E-state index contributed by atoms with van der Waals surface area (Å²) in [6.07, 6.45) is 3.40. The third-order valence-corrected chi connectivity index (χ3v) is 3.49. The molecular weight excluding hydrogens is 302 g/mol. The van der Waals surface area contributed by atoms with E-state index in [4.69, 9.17) is 16.3 Å². The highest BCUT2D eigenvalue weighted by molar-refractivity contribution is 9.10. The highest BCUT2D eigenvalue weighted by Crippen LogP contribution is 2.26. The van der Waals surface area contributed by atoms with Gasteiger partial charge in [-0.25, -0.2) is 0 Å². The van der Waals surface area contributed by atoms with Gasteiger partial charge in [0, 0.05) is 16.5 Å². The van der Waals surface area contributed by atoms with Crippen LogP contribution in [0, 0.1) is 6.92 Å². The molecule has 2 rings (SSSR count). The Balaban J connectivity index is 2.22. The molecule has 0 radical (unpaired) electrons.